The Hall–Kier alpha value is -2.04. The minimum absolute atomic E-state index is 0.00782. The fourth-order valence-electron chi connectivity index (χ4n) is 2.86. The van der Waals surface area contributed by atoms with Crippen LogP contribution in [0.3, 0.4) is 0 Å². The lowest BCUT2D eigenvalue weighted by Crippen LogP contribution is -2.51. The van der Waals surface area contributed by atoms with E-state index < -0.39 is 0 Å². The zero-order valence-corrected chi connectivity index (χ0v) is 15.1. The number of amides is 2. The number of hydrogen-bond donors (Lipinski definition) is 0. The standard InChI is InChI=1S/C19H18Cl2N2O2/c20-16-7-6-15(17(21)13-16)12-18(24)22-8-10-23(11-9-22)19(25)14-4-2-1-3-5-14/h1-7,13H,8-12H2. The summed E-state index contributed by atoms with van der Waals surface area (Å²) in [6.45, 7) is 2.13. The Kier molecular flexibility index (Phi) is 5.61. The number of carbonyl (C=O) groups excluding carboxylic acids is 2. The van der Waals surface area contributed by atoms with Crippen molar-refractivity contribution in [2.75, 3.05) is 26.2 Å². The van der Waals surface area contributed by atoms with E-state index in [4.69, 9.17) is 23.2 Å². The van der Waals surface area contributed by atoms with E-state index in [0.717, 1.165) is 5.56 Å². The first-order valence-electron chi connectivity index (χ1n) is 8.10. The highest BCUT2D eigenvalue weighted by Gasteiger charge is 2.25. The quantitative estimate of drug-likeness (QED) is 0.821. The molecule has 0 aliphatic carbocycles. The van der Waals surface area contributed by atoms with Gasteiger partial charge in [0.25, 0.3) is 5.91 Å². The number of benzene rings is 2. The fraction of sp³-hybridized carbons (Fsp3) is 0.263. The summed E-state index contributed by atoms with van der Waals surface area (Å²) in [5.74, 6) is 0.0180. The van der Waals surface area contributed by atoms with Gasteiger partial charge in [-0.2, -0.15) is 0 Å². The van der Waals surface area contributed by atoms with Gasteiger partial charge in [-0.05, 0) is 29.8 Å². The molecule has 0 spiro atoms. The van der Waals surface area contributed by atoms with Gasteiger partial charge in [-0.1, -0.05) is 47.5 Å². The molecule has 6 heteroatoms. The third-order valence-corrected chi connectivity index (χ3v) is 4.88. The number of carbonyl (C=O) groups is 2. The van der Waals surface area contributed by atoms with Crippen molar-refractivity contribution < 1.29 is 9.59 Å². The second-order valence-corrected chi connectivity index (χ2v) is 6.80. The molecule has 1 aliphatic heterocycles. The van der Waals surface area contributed by atoms with Crippen LogP contribution in [-0.2, 0) is 11.2 Å². The van der Waals surface area contributed by atoms with Crippen LogP contribution in [0.4, 0.5) is 0 Å². The van der Waals surface area contributed by atoms with Crippen molar-refractivity contribution in [2.45, 2.75) is 6.42 Å². The van der Waals surface area contributed by atoms with Crippen LogP contribution < -0.4 is 0 Å². The molecule has 3 rings (SSSR count). The van der Waals surface area contributed by atoms with Gasteiger partial charge in [0.1, 0.15) is 0 Å². The van der Waals surface area contributed by atoms with Crippen molar-refractivity contribution in [3.05, 3.63) is 69.7 Å². The first-order valence-corrected chi connectivity index (χ1v) is 8.86. The van der Waals surface area contributed by atoms with Crippen LogP contribution in [0.1, 0.15) is 15.9 Å². The molecule has 1 saturated heterocycles. The zero-order valence-electron chi connectivity index (χ0n) is 13.6. The first-order chi connectivity index (χ1) is 12.0. The second-order valence-electron chi connectivity index (χ2n) is 5.95. The van der Waals surface area contributed by atoms with E-state index in [0.29, 0.717) is 41.8 Å². The maximum atomic E-state index is 12.5. The SMILES string of the molecule is O=C(Cc1ccc(Cl)cc1Cl)N1CCN(C(=O)c2ccccc2)CC1. The van der Waals surface area contributed by atoms with Gasteiger partial charge in [-0.25, -0.2) is 0 Å². The summed E-state index contributed by atoms with van der Waals surface area (Å²) in [6, 6.07) is 14.3. The minimum atomic E-state index is 0.00782. The highest BCUT2D eigenvalue weighted by molar-refractivity contribution is 6.35. The molecule has 0 radical (unpaired) electrons. The summed E-state index contributed by atoms with van der Waals surface area (Å²) in [6.07, 6.45) is 0.239. The molecule has 1 fully saturated rings. The van der Waals surface area contributed by atoms with E-state index in [1.807, 2.05) is 30.3 Å². The Morgan fingerprint density at radius 2 is 1.52 bits per heavy atom. The van der Waals surface area contributed by atoms with Crippen LogP contribution in [0, 0.1) is 0 Å². The van der Waals surface area contributed by atoms with Crippen LogP contribution in [0.5, 0.6) is 0 Å². The lowest BCUT2D eigenvalue weighted by atomic mass is 10.1. The number of piperazine rings is 1. The van der Waals surface area contributed by atoms with Crippen LogP contribution in [0.2, 0.25) is 10.0 Å². The molecule has 0 atom stereocenters. The van der Waals surface area contributed by atoms with Gasteiger partial charge in [-0.3, -0.25) is 9.59 Å². The van der Waals surface area contributed by atoms with Crippen molar-refractivity contribution in [3.63, 3.8) is 0 Å². The molecule has 4 nitrogen and oxygen atoms in total. The Balaban J connectivity index is 1.56. The van der Waals surface area contributed by atoms with E-state index in [2.05, 4.69) is 0 Å². The highest BCUT2D eigenvalue weighted by atomic mass is 35.5. The molecule has 0 N–H and O–H groups in total. The Labute approximate surface area is 156 Å². The van der Waals surface area contributed by atoms with Crippen LogP contribution in [0.15, 0.2) is 48.5 Å². The topological polar surface area (TPSA) is 40.6 Å². The van der Waals surface area contributed by atoms with Crippen LogP contribution in [-0.4, -0.2) is 47.8 Å². The molecule has 2 amide bonds. The molecule has 0 aromatic heterocycles. The molecule has 25 heavy (non-hydrogen) atoms. The van der Waals surface area contributed by atoms with E-state index in [1.165, 1.54) is 0 Å². The molecule has 0 bridgehead atoms. The van der Waals surface area contributed by atoms with E-state index >= 15 is 0 Å². The summed E-state index contributed by atoms with van der Waals surface area (Å²) in [5.41, 5.74) is 1.44. The molecule has 1 aliphatic rings. The van der Waals surface area contributed by atoms with Crippen LogP contribution >= 0.6 is 23.2 Å². The molecule has 0 saturated carbocycles. The summed E-state index contributed by atoms with van der Waals surface area (Å²) < 4.78 is 0. The average molecular weight is 377 g/mol. The van der Waals surface area contributed by atoms with Gasteiger partial charge in [0, 0.05) is 41.8 Å². The Morgan fingerprint density at radius 1 is 0.880 bits per heavy atom. The highest BCUT2D eigenvalue weighted by Crippen LogP contribution is 2.22. The minimum Gasteiger partial charge on any atom is -0.339 e. The number of hydrogen-bond acceptors (Lipinski definition) is 2. The normalized spacial score (nSPS) is 14.5. The van der Waals surface area contributed by atoms with Crippen LogP contribution in [0.25, 0.3) is 0 Å². The largest absolute Gasteiger partial charge is 0.339 e. The Morgan fingerprint density at radius 3 is 2.16 bits per heavy atom. The number of nitrogens with zero attached hydrogens (tertiary/aromatic N) is 2. The van der Waals surface area contributed by atoms with Gasteiger partial charge in [0.2, 0.25) is 5.91 Å². The smallest absolute Gasteiger partial charge is 0.253 e. The fourth-order valence-corrected chi connectivity index (χ4v) is 3.34. The molecule has 2 aromatic carbocycles. The average Bonchev–Trinajstić information content (AvgIpc) is 2.64. The lowest BCUT2D eigenvalue weighted by Gasteiger charge is -2.35. The van der Waals surface area contributed by atoms with E-state index in [1.54, 1.807) is 28.0 Å². The molecule has 2 aromatic rings. The third kappa shape index (κ3) is 4.33. The second kappa shape index (κ2) is 7.89. The molecular weight excluding hydrogens is 359 g/mol. The van der Waals surface area contributed by atoms with Gasteiger partial charge in [0.15, 0.2) is 0 Å². The molecule has 0 unspecified atom stereocenters. The molecular formula is C19H18Cl2N2O2. The number of rotatable bonds is 3. The summed E-state index contributed by atoms with van der Waals surface area (Å²) in [7, 11) is 0. The molecule has 130 valence electrons. The predicted octanol–water partition coefficient (Wildman–Crippen LogP) is 3.52. The summed E-state index contributed by atoms with van der Waals surface area (Å²) >= 11 is 12.0. The maximum absolute atomic E-state index is 12.5. The molecule has 1 heterocycles. The van der Waals surface area contributed by atoms with Crippen molar-refractivity contribution >= 4 is 35.0 Å². The van der Waals surface area contributed by atoms with Gasteiger partial charge >= 0.3 is 0 Å². The monoisotopic (exact) mass is 376 g/mol. The van der Waals surface area contributed by atoms with Crippen molar-refractivity contribution in [1.82, 2.24) is 9.80 Å². The zero-order chi connectivity index (χ0) is 17.8. The van der Waals surface area contributed by atoms with Gasteiger partial charge in [-0.15, -0.1) is 0 Å². The third-order valence-electron chi connectivity index (χ3n) is 4.30. The maximum Gasteiger partial charge on any atom is 0.253 e. The van der Waals surface area contributed by atoms with Gasteiger partial charge in [0.05, 0.1) is 6.42 Å². The lowest BCUT2D eigenvalue weighted by molar-refractivity contribution is -0.131. The Bertz CT molecular complexity index is 772. The van der Waals surface area contributed by atoms with Crippen molar-refractivity contribution in [3.8, 4) is 0 Å². The number of halogens is 2. The predicted molar refractivity (Wildman–Crippen MR) is 99.1 cm³/mol. The van der Waals surface area contributed by atoms with Gasteiger partial charge < -0.3 is 9.80 Å². The first kappa shape index (κ1) is 17.8. The van der Waals surface area contributed by atoms with Crippen molar-refractivity contribution in [1.29, 1.82) is 0 Å². The summed E-state index contributed by atoms with van der Waals surface area (Å²) in [5, 5.41) is 1.05. The van der Waals surface area contributed by atoms with E-state index in [9.17, 15) is 9.59 Å². The summed E-state index contributed by atoms with van der Waals surface area (Å²) in [4.78, 5) is 28.5. The van der Waals surface area contributed by atoms with Crippen molar-refractivity contribution in [2.24, 2.45) is 0 Å². The van der Waals surface area contributed by atoms with E-state index in [-0.39, 0.29) is 18.2 Å².